The van der Waals surface area contributed by atoms with Crippen molar-refractivity contribution in [3.8, 4) is 5.75 Å². The first-order valence-electron chi connectivity index (χ1n) is 6.16. The summed E-state index contributed by atoms with van der Waals surface area (Å²) in [4.78, 5) is 21.9. The number of rotatable bonds is 2. The Hall–Kier alpha value is -2.67. The van der Waals surface area contributed by atoms with E-state index < -0.39 is 28.4 Å². The third kappa shape index (κ3) is 2.46. The Kier molecular flexibility index (Phi) is 3.42. The van der Waals surface area contributed by atoms with Crippen LogP contribution in [0.3, 0.4) is 0 Å². The second-order valence-corrected chi connectivity index (χ2v) is 5.03. The predicted molar refractivity (Wildman–Crippen MR) is 76.5 cm³/mol. The van der Waals surface area contributed by atoms with Crippen molar-refractivity contribution in [1.29, 1.82) is 0 Å². The highest BCUT2D eigenvalue weighted by atomic mass is 35.5. The monoisotopic (exact) mass is 322 g/mol. The van der Waals surface area contributed by atoms with E-state index in [0.29, 0.717) is 10.6 Å². The van der Waals surface area contributed by atoms with E-state index in [4.69, 9.17) is 16.3 Å². The molecule has 112 valence electrons. The number of hydrogen-bond acceptors (Lipinski definition) is 4. The van der Waals surface area contributed by atoms with Crippen LogP contribution in [0.4, 0.5) is 15.8 Å². The number of nitro groups is 1. The zero-order chi connectivity index (χ0) is 15.9. The molecule has 3 rings (SSSR count). The highest BCUT2D eigenvalue weighted by Gasteiger charge is 2.31. The van der Waals surface area contributed by atoms with Crippen LogP contribution in [0.2, 0.25) is 5.02 Å². The molecule has 22 heavy (non-hydrogen) atoms. The molecule has 1 aliphatic rings. The maximum atomic E-state index is 13.7. The molecular weight excluding hydrogens is 315 g/mol. The molecule has 0 radical (unpaired) electrons. The number of nitro benzene ring substituents is 1. The van der Waals surface area contributed by atoms with Gasteiger partial charge in [-0.15, -0.1) is 0 Å². The lowest BCUT2D eigenvalue weighted by atomic mass is 10.1. The van der Waals surface area contributed by atoms with Gasteiger partial charge in [-0.25, -0.2) is 0 Å². The maximum absolute atomic E-state index is 13.7. The average Bonchev–Trinajstić information content (AvgIpc) is 2.47. The van der Waals surface area contributed by atoms with Crippen LogP contribution < -0.4 is 10.1 Å². The van der Waals surface area contributed by atoms with Gasteiger partial charge in [0.15, 0.2) is 0 Å². The molecule has 0 bridgehead atoms. The summed E-state index contributed by atoms with van der Waals surface area (Å²) in [6.07, 6.45) is -0.981. The molecular formula is C14H8ClFN2O4. The quantitative estimate of drug-likeness (QED) is 0.678. The number of nitrogens with one attached hydrogen (secondary N) is 1. The van der Waals surface area contributed by atoms with Gasteiger partial charge in [0.2, 0.25) is 11.9 Å². The molecule has 0 saturated carbocycles. The minimum absolute atomic E-state index is 0.0302. The first-order chi connectivity index (χ1) is 10.5. The SMILES string of the molecule is O=C1Nc2cc([N+](=O)[O-])c(F)cc2OC1c1ccc(Cl)cc1. The summed E-state index contributed by atoms with van der Waals surface area (Å²) in [5, 5.41) is 13.7. The molecule has 1 amide bonds. The summed E-state index contributed by atoms with van der Waals surface area (Å²) in [5.74, 6) is -1.51. The van der Waals surface area contributed by atoms with Crippen LogP contribution in [0.5, 0.6) is 5.75 Å². The van der Waals surface area contributed by atoms with Gasteiger partial charge in [-0.2, -0.15) is 4.39 Å². The summed E-state index contributed by atoms with van der Waals surface area (Å²) in [5.41, 5.74) is -0.137. The Morgan fingerprint density at radius 2 is 1.95 bits per heavy atom. The van der Waals surface area contributed by atoms with E-state index in [1.54, 1.807) is 24.3 Å². The minimum Gasteiger partial charge on any atom is -0.474 e. The summed E-state index contributed by atoms with van der Waals surface area (Å²) < 4.78 is 19.1. The molecule has 2 aromatic rings. The largest absolute Gasteiger partial charge is 0.474 e. The van der Waals surface area contributed by atoms with Crippen molar-refractivity contribution in [2.75, 3.05) is 5.32 Å². The molecule has 2 aromatic carbocycles. The molecule has 1 heterocycles. The van der Waals surface area contributed by atoms with E-state index >= 15 is 0 Å². The van der Waals surface area contributed by atoms with Gasteiger partial charge in [-0.3, -0.25) is 14.9 Å². The van der Waals surface area contributed by atoms with E-state index in [-0.39, 0.29) is 11.4 Å². The lowest BCUT2D eigenvalue weighted by Gasteiger charge is -2.26. The van der Waals surface area contributed by atoms with Crippen LogP contribution in [0.25, 0.3) is 0 Å². The van der Waals surface area contributed by atoms with Gasteiger partial charge in [-0.05, 0) is 12.1 Å². The van der Waals surface area contributed by atoms with Crippen molar-refractivity contribution in [3.05, 3.63) is 62.9 Å². The number of fused-ring (bicyclic) bond motifs is 1. The number of carbonyl (C=O) groups is 1. The highest BCUT2D eigenvalue weighted by molar-refractivity contribution is 6.30. The Morgan fingerprint density at radius 1 is 1.27 bits per heavy atom. The number of anilines is 1. The molecule has 0 aliphatic carbocycles. The summed E-state index contributed by atoms with van der Waals surface area (Å²) in [7, 11) is 0. The lowest BCUT2D eigenvalue weighted by molar-refractivity contribution is -0.387. The van der Waals surface area contributed by atoms with E-state index in [1.807, 2.05) is 0 Å². The van der Waals surface area contributed by atoms with Gasteiger partial charge in [-0.1, -0.05) is 23.7 Å². The number of halogens is 2. The van der Waals surface area contributed by atoms with Crippen LogP contribution in [0.15, 0.2) is 36.4 Å². The van der Waals surface area contributed by atoms with E-state index in [9.17, 15) is 19.3 Å². The number of hydrogen-bond donors (Lipinski definition) is 1. The molecule has 0 fully saturated rings. The van der Waals surface area contributed by atoms with Crippen LogP contribution in [-0.2, 0) is 4.79 Å². The fourth-order valence-corrected chi connectivity index (χ4v) is 2.24. The predicted octanol–water partition coefficient (Wildman–Crippen LogP) is 3.46. The van der Waals surface area contributed by atoms with Gasteiger partial charge in [0.1, 0.15) is 5.75 Å². The summed E-state index contributed by atoms with van der Waals surface area (Å²) in [6, 6.07) is 8.23. The first-order valence-corrected chi connectivity index (χ1v) is 6.54. The van der Waals surface area contributed by atoms with Crippen LogP contribution in [0.1, 0.15) is 11.7 Å². The molecule has 1 atom stereocenters. The molecule has 1 aliphatic heterocycles. The number of carbonyl (C=O) groups excluding carboxylic acids is 1. The van der Waals surface area contributed by atoms with Crippen LogP contribution >= 0.6 is 11.6 Å². The van der Waals surface area contributed by atoms with Gasteiger partial charge >= 0.3 is 5.69 Å². The molecule has 0 spiro atoms. The summed E-state index contributed by atoms with van der Waals surface area (Å²) >= 11 is 5.78. The zero-order valence-corrected chi connectivity index (χ0v) is 11.6. The minimum atomic E-state index is -1.03. The molecule has 8 heteroatoms. The Morgan fingerprint density at radius 3 is 2.59 bits per heavy atom. The maximum Gasteiger partial charge on any atom is 0.307 e. The van der Waals surface area contributed by atoms with Crippen molar-refractivity contribution >= 4 is 28.9 Å². The van der Waals surface area contributed by atoms with Gasteiger partial charge in [0.05, 0.1) is 10.6 Å². The Bertz CT molecular complexity index is 779. The number of amides is 1. The van der Waals surface area contributed by atoms with Gasteiger partial charge in [0, 0.05) is 22.7 Å². The Labute approximate surface area is 128 Å². The fraction of sp³-hybridized carbons (Fsp3) is 0.0714. The first kappa shape index (κ1) is 14.3. The molecule has 0 aromatic heterocycles. The molecule has 0 saturated heterocycles. The fourth-order valence-electron chi connectivity index (χ4n) is 2.11. The van der Waals surface area contributed by atoms with Crippen LogP contribution in [0, 0.1) is 15.9 Å². The summed E-state index contributed by atoms with van der Waals surface area (Å²) in [6.45, 7) is 0. The van der Waals surface area contributed by atoms with E-state index in [1.165, 1.54) is 0 Å². The van der Waals surface area contributed by atoms with Crippen molar-refractivity contribution in [2.45, 2.75) is 6.10 Å². The molecule has 1 unspecified atom stereocenters. The number of nitrogens with zero attached hydrogens (tertiary/aromatic N) is 1. The second kappa shape index (κ2) is 5.27. The van der Waals surface area contributed by atoms with Crippen molar-refractivity contribution in [1.82, 2.24) is 0 Å². The standard InChI is InChI=1S/C14H8ClFN2O4/c15-8-3-1-7(2-4-8)13-14(19)17-10-6-11(18(20)21)9(16)5-12(10)22-13/h1-6,13H,(H,17,19). The van der Waals surface area contributed by atoms with Crippen molar-refractivity contribution in [2.24, 2.45) is 0 Å². The molecule has 6 nitrogen and oxygen atoms in total. The van der Waals surface area contributed by atoms with E-state index in [0.717, 1.165) is 12.1 Å². The average molecular weight is 323 g/mol. The van der Waals surface area contributed by atoms with Crippen LogP contribution in [-0.4, -0.2) is 10.8 Å². The van der Waals surface area contributed by atoms with Crippen molar-refractivity contribution < 1.29 is 18.8 Å². The van der Waals surface area contributed by atoms with Crippen molar-refractivity contribution in [3.63, 3.8) is 0 Å². The lowest BCUT2D eigenvalue weighted by Crippen LogP contribution is -2.30. The Balaban J connectivity index is 1.98. The number of ether oxygens (including phenoxy) is 1. The van der Waals surface area contributed by atoms with Gasteiger partial charge in [0.25, 0.3) is 5.91 Å². The third-order valence-electron chi connectivity index (χ3n) is 3.16. The molecule has 1 N–H and O–H groups in total. The number of benzene rings is 2. The third-order valence-corrected chi connectivity index (χ3v) is 3.41. The topological polar surface area (TPSA) is 81.5 Å². The van der Waals surface area contributed by atoms with Gasteiger partial charge < -0.3 is 10.1 Å². The normalized spacial score (nSPS) is 16.5. The second-order valence-electron chi connectivity index (χ2n) is 4.60. The zero-order valence-electron chi connectivity index (χ0n) is 10.9. The highest BCUT2D eigenvalue weighted by Crippen LogP contribution is 2.38. The van der Waals surface area contributed by atoms with E-state index in [2.05, 4.69) is 5.32 Å². The smallest absolute Gasteiger partial charge is 0.307 e.